The zero-order valence-corrected chi connectivity index (χ0v) is 14.5. The van der Waals surface area contributed by atoms with Crippen LogP contribution in [0.1, 0.15) is 15.9 Å². The molecule has 10 heteroatoms. The number of aromatic nitrogens is 3. The van der Waals surface area contributed by atoms with Gasteiger partial charge < -0.3 is 15.4 Å². The van der Waals surface area contributed by atoms with Crippen molar-refractivity contribution in [2.24, 2.45) is 0 Å². The van der Waals surface area contributed by atoms with E-state index in [4.69, 9.17) is 0 Å². The van der Waals surface area contributed by atoms with Crippen molar-refractivity contribution >= 4 is 29.1 Å². The lowest BCUT2D eigenvalue weighted by atomic mass is 10.2. The number of halogens is 3. The van der Waals surface area contributed by atoms with Gasteiger partial charge in [0.05, 0.1) is 24.4 Å². The second kappa shape index (κ2) is 7.91. The Morgan fingerprint density at radius 1 is 1.04 bits per heavy atom. The molecule has 0 atom stereocenters. The summed E-state index contributed by atoms with van der Waals surface area (Å²) in [6, 6.07) is 11.0. The lowest BCUT2D eigenvalue weighted by Gasteiger charge is -2.10. The molecule has 1 aromatic heterocycles. The summed E-state index contributed by atoms with van der Waals surface area (Å²) in [5, 5.41) is 13.3. The maximum Gasteiger partial charge on any atom is 0.416 e. The van der Waals surface area contributed by atoms with E-state index in [0.717, 1.165) is 12.1 Å². The number of nitrogens with one attached hydrogen (secondary N) is 2. The van der Waals surface area contributed by atoms with E-state index in [2.05, 4.69) is 30.6 Å². The van der Waals surface area contributed by atoms with E-state index >= 15 is 0 Å². The Hall–Kier alpha value is -3.69. The van der Waals surface area contributed by atoms with Crippen LogP contribution in [0.5, 0.6) is 0 Å². The van der Waals surface area contributed by atoms with Crippen LogP contribution in [-0.2, 0) is 10.9 Å². The van der Waals surface area contributed by atoms with Gasteiger partial charge in [-0.25, -0.2) is 4.79 Å². The Balaban J connectivity index is 1.73. The number of nitrogens with zero attached hydrogens (tertiary/aromatic N) is 3. The van der Waals surface area contributed by atoms with Crippen LogP contribution >= 0.6 is 0 Å². The molecule has 0 saturated carbocycles. The topological polar surface area (TPSA) is 89.0 Å². The maximum atomic E-state index is 12.6. The normalized spacial score (nSPS) is 11.0. The molecule has 0 aliphatic rings. The molecule has 0 unspecified atom stereocenters. The van der Waals surface area contributed by atoms with E-state index in [1.54, 1.807) is 24.3 Å². The fourth-order valence-corrected chi connectivity index (χ4v) is 2.28. The number of hydrogen-bond acceptors (Lipinski definition) is 7. The molecule has 0 amide bonds. The van der Waals surface area contributed by atoms with Gasteiger partial charge in [0.2, 0.25) is 5.95 Å². The number of carbonyl (C=O) groups is 1. The summed E-state index contributed by atoms with van der Waals surface area (Å²) in [7, 11) is 1.29. The third-order valence-electron chi connectivity index (χ3n) is 3.58. The van der Waals surface area contributed by atoms with E-state index < -0.39 is 17.7 Å². The van der Waals surface area contributed by atoms with E-state index in [1.165, 1.54) is 25.4 Å². The molecular formula is C18H14F3N5O2. The van der Waals surface area contributed by atoms with Gasteiger partial charge in [-0.05, 0) is 42.5 Å². The second-order valence-corrected chi connectivity index (χ2v) is 5.56. The van der Waals surface area contributed by atoms with Crippen LogP contribution in [0.2, 0.25) is 0 Å². The average molecular weight is 389 g/mol. The van der Waals surface area contributed by atoms with Crippen LogP contribution in [0.3, 0.4) is 0 Å². The number of carbonyl (C=O) groups excluding carboxylic acids is 1. The molecular weight excluding hydrogens is 375 g/mol. The van der Waals surface area contributed by atoms with Crippen LogP contribution in [0.4, 0.5) is 36.3 Å². The van der Waals surface area contributed by atoms with Crippen LogP contribution in [0, 0.1) is 0 Å². The summed E-state index contributed by atoms with van der Waals surface area (Å²) in [6.45, 7) is 0. The first-order valence-electron chi connectivity index (χ1n) is 7.94. The predicted molar refractivity (Wildman–Crippen MR) is 95.6 cm³/mol. The minimum Gasteiger partial charge on any atom is -0.465 e. The molecule has 28 heavy (non-hydrogen) atoms. The summed E-state index contributed by atoms with van der Waals surface area (Å²) in [4.78, 5) is 15.8. The zero-order valence-electron chi connectivity index (χ0n) is 14.5. The first-order chi connectivity index (χ1) is 13.3. The summed E-state index contributed by atoms with van der Waals surface area (Å²) < 4.78 is 42.5. The van der Waals surface area contributed by atoms with Gasteiger partial charge in [0, 0.05) is 11.4 Å². The number of methoxy groups -OCH3 is 1. The third-order valence-corrected chi connectivity index (χ3v) is 3.58. The Morgan fingerprint density at radius 2 is 1.79 bits per heavy atom. The van der Waals surface area contributed by atoms with E-state index in [-0.39, 0.29) is 5.95 Å². The Kier molecular flexibility index (Phi) is 5.39. The fourth-order valence-electron chi connectivity index (χ4n) is 2.28. The second-order valence-electron chi connectivity index (χ2n) is 5.56. The standard InChI is InChI=1S/C18H14F3N5O2/c1-28-16(27)11-3-2-4-14(9-11)23-15-10-22-26-17(25-15)24-13-7-5-12(6-8-13)18(19,20)21/h2-10H,1H3,(H2,23,24,25,26). The maximum absolute atomic E-state index is 12.6. The van der Waals surface area contributed by atoms with Crippen molar-refractivity contribution in [3.8, 4) is 0 Å². The van der Waals surface area contributed by atoms with Crippen LogP contribution in [0.25, 0.3) is 0 Å². The summed E-state index contributed by atoms with van der Waals surface area (Å²) in [6.07, 6.45) is -3.04. The summed E-state index contributed by atoms with van der Waals surface area (Å²) >= 11 is 0. The first kappa shape index (κ1) is 19.1. The lowest BCUT2D eigenvalue weighted by molar-refractivity contribution is -0.137. The molecule has 0 radical (unpaired) electrons. The molecule has 2 aromatic carbocycles. The van der Waals surface area contributed by atoms with Gasteiger partial charge in [-0.15, -0.1) is 5.10 Å². The minimum absolute atomic E-state index is 0.0916. The number of esters is 1. The molecule has 0 aliphatic heterocycles. The van der Waals surface area contributed by atoms with Crippen molar-refractivity contribution in [1.82, 2.24) is 15.2 Å². The van der Waals surface area contributed by atoms with Gasteiger partial charge >= 0.3 is 12.1 Å². The van der Waals surface area contributed by atoms with Crippen LogP contribution < -0.4 is 10.6 Å². The highest BCUT2D eigenvalue weighted by atomic mass is 19.4. The van der Waals surface area contributed by atoms with E-state index in [9.17, 15) is 18.0 Å². The van der Waals surface area contributed by atoms with Gasteiger partial charge in [-0.3, -0.25) is 0 Å². The molecule has 3 aromatic rings. The Labute approximate surface area is 157 Å². The molecule has 0 spiro atoms. The van der Waals surface area contributed by atoms with Crippen molar-refractivity contribution in [3.05, 3.63) is 65.9 Å². The minimum atomic E-state index is -4.40. The summed E-state index contributed by atoms with van der Waals surface area (Å²) in [5.74, 6) is -0.0607. The van der Waals surface area contributed by atoms with E-state index in [1.807, 2.05) is 0 Å². The Morgan fingerprint density at radius 3 is 2.46 bits per heavy atom. The predicted octanol–water partition coefficient (Wildman–Crippen LogP) is 4.16. The monoisotopic (exact) mass is 389 g/mol. The van der Waals surface area contributed by atoms with Crippen LogP contribution in [-0.4, -0.2) is 28.3 Å². The SMILES string of the molecule is COC(=O)c1cccc(Nc2cnnc(Nc3ccc(C(F)(F)F)cc3)n2)c1. The smallest absolute Gasteiger partial charge is 0.416 e. The number of ether oxygens (including phenoxy) is 1. The highest BCUT2D eigenvalue weighted by Crippen LogP contribution is 2.30. The van der Waals surface area contributed by atoms with Crippen molar-refractivity contribution in [3.63, 3.8) is 0 Å². The van der Waals surface area contributed by atoms with Gasteiger partial charge in [-0.2, -0.15) is 23.3 Å². The number of benzene rings is 2. The Bertz CT molecular complexity index is 977. The summed E-state index contributed by atoms with van der Waals surface area (Å²) in [5.41, 5.74) is 0.555. The average Bonchev–Trinajstić information content (AvgIpc) is 2.67. The van der Waals surface area contributed by atoms with Gasteiger partial charge in [0.25, 0.3) is 0 Å². The molecule has 7 nitrogen and oxygen atoms in total. The number of rotatable bonds is 5. The van der Waals surface area contributed by atoms with Crippen LogP contribution in [0.15, 0.2) is 54.7 Å². The fraction of sp³-hybridized carbons (Fsp3) is 0.111. The molecule has 1 heterocycles. The van der Waals surface area contributed by atoms with Crippen molar-refractivity contribution < 1.29 is 22.7 Å². The van der Waals surface area contributed by atoms with Crippen molar-refractivity contribution in [2.45, 2.75) is 6.18 Å². The van der Waals surface area contributed by atoms with Crippen molar-refractivity contribution in [2.75, 3.05) is 17.7 Å². The zero-order chi connectivity index (χ0) is 20.1. The third kappa shape index (κ3) is 4.72. The largest absolute Gasteiger partial charge is 0.465 e. The molecule has 0 saturated heterocycles. The first-order valence-corrected chi connectivity index (χ1v) is 7.94. The molecule has 0 bridgehead atoms. The van der Waals surface area contributed by atoms with Gasteiger partial charge in [0.1, 0.15) is 0 Å². The van der Waals surface area contributed by atoms with Gasteiger partial charge in [0.15, 0.2) is 5.82 Å². The molecule has 144 valence electrons. The number of hydrogen-bond donors (Lipinski definition) is 2. The van der Waals surface area contributed by atoms with E-state index in [0.29, 0.717) is 22.8 Å². The van der Waals surface area contributed by atoms with Crippen molar-refractivity contribution in [1.29, 1.82) is 0 Å². The molecule has 2 N–H and O–H groups in total. The number of alkyl halides is 3. The lowest BCUT2D eigenvalue weighted by Crippen LogP contribution is -2.06. The quantitative estimate of drug-likeness (QED) is 0.633. The highest BCUT2D eigenvalue weighted by molar-refractivity contribution is 5.90. The molecule has 0 aliphatic carbocycles. The molecule has 0 fully saturated rings. The number of anilines is 4. The molecule has 3 rings (SSSR count). The highest BCUT2D eigenvalue weighted by Gasteiger charge is 2.29. The van der Waals surface area contributed by atoms with Gasteiger partial charge in [-0.1, -0.05) is 6.07 Å².